The molecule has 0 spiro atoms. The molecule has 1 aliphatic carbocycles. The second kappa shape index (κ2) is 5.69. The van der Waals surface area contributed by atoms with Crippen LogP contribution in [0, 0.1) is 12.3 Å². The quantitative estimate of drug-likeness (QED) is 0.676. The average Bonchev–Trinajstić information content (AvgIpc) is 3.12. The van der Waals surface area contributed by atoms with E-state index in [1.807, 2.05) is 18.2 Å². The summed E-state index contributed by atoms with van der Waals surface area (Å²) in [6.07, 6.45) is 3.59. The average molecular weight is 374 g/mol. The van der Waals surface area contributed by atoms with Crippen molar-refractivity contribution in [1.82, 2.24) is 14.9 Å². The number of aryl methyl sites for hydroxylation is 1. The molecule has 3 aromatic rings. The summed E-state index contributed by atoms with van der Waals surface area (Å²) in [5.74, 6) is 0.132. The summed E-state index contributed by atoms with van der Waals surface area (Å²) in [5, 5.41) is 0. The van der Waals surface area contributed by atoms with Gasteiger partial charge in [-0.3, -0.25) is 4.79 Å². The molecule has 0 radical (unpaired) electrons. The number of imidazole rings is 1. The van der Waals surface area contributed by atoms with Crippen molar-refractivity contribution in [2.24, 2.45) is 5.41 Å². The summed E-state index contributed by atoms with van der Waals surface area (Å²) in [6, 6.07) is 12.9. The minimum Gasteiger partial charge on any atom is -0.345 e. The van der Waals surface area contributed by atoms with E-state index >= 15 is 0 Å². The van der Waals surface area contributed by atoms with Crippen molar-refractivity contribution in [2.75, 3.05) is 6.54 Å². The predicted molar refractivity (Wildman–Crippen MR) is 112 cm³/mol. The van der Waals surface area contributed by atoms with Gasteiger partial charge in [0.2, 0.25) is 0 Å². The number of hydrogen-bond donors (Lipinski definition) is 1. The van der Waals surface area contributed by atoms with E-state index in [-0.39, 0.29) is 22.8 Å². The van der Waals surface area contributed by atoms with Crippen molar-refractivity contribution in [3.8, 4) is 0 Å². The van der Waals surface area contributed by atoms with Gasteiger partial charge in [0, 0.05) is 23.6 Å². The Hall–Kier alpha value is -2.62. The van der Waals surface area contributed by atoms with Crippen molar-refractivity contribution in [3.05, 3.63) is 65.0 Å². The van der Waals surface area contributed by atoms with E-state index < -0.39 is 0 Å². The Morgan fingerprint density at radius 1 is 1.18 bits per heavy atom. The van der Waals surface area contributed by atoms with Crippen LogP contribution in [0.4, 0.5) is 0 Å². The van der Waals surface area contributed by atoms with E-state index in [0.717, 1.165) is 36.0 Å². The molecule has 2 aromatic carbocycles. The highest BCUT2D eigenvalue weighted by Crippen LogP contribution is 2.56. The minimum atomic E-state index is 0.0151. The van der Waals surface area contributed by atoms with Gasteiger partial charge in [0.1, 0.15) is 0 Å². The van der Waals surface area contributed by atoms with Crippen LogP contribution in [0.5, 0.6) is 0 Å². The molecule has 1 amide bonds. The van der Waals surface area contributed by atoms with E-state index in [1.165, 1.54) is 16.7 Å². The van der Waals surface area contributed by atoms with Crippen LogP contribution in [0.25, 0.3) is 11.0 Å². The van der Waals surface area contributed by atoms with Crippen LogP contribution in [0.1, 0.15) is 54.2 Å². The van der Waals surface area contributed by atoms with Gasteiger partial charge in [0.05, 0.1) is 17.4 Å². The lowest BCUT2D eigenvalue weighted by atomic mass is 9.51. The largest absolute Gasteiger partial charge is 0.345 e. The summed E-state index contributed by atoms with van der Waals surface area (Å²) < 4.78 is 0. The van der Waals surface area contributed by atoms with E-state index in [2.05, 4.69) is 60.8 Å². The number of aromatic amines is 1. The summed E-state index contributed by atoms with van der Waals surface area (Å²) in [7, 11) is 0. The number of fused-ring (bicyclic) bond motifs is 5. The first-order valence-electron chi connectivity index (χ1n) is 10.2. The molecule has 2 heterocycles. The van der Waals surface area contributed by atoms with Gasteiger partial charge in [-0.15, -0.1) is 0 Å². The number of hydrogen-bond acceptors (Lipinski definition) is 2. The third kappa shape index (κ3) is 2.24. The van der Waals surface area contributed by atoms with Gasteiger partial charge >= 0.3 is 0 Å². The van der Waals surface area contributed by atoms with Gasteiger partial charge in [-0.2, -0.15) is 0 Å². The fourth-order valence-corrected chi connectivity index (χ4v) is 5.54. The molecule has 4 nitrogen and oxygen atoms in total. The molecule has 0 saturated carbocycles. The Morgan fingerprint density at radius 3 is 2.82 bits per heavy atom. The first-order chi connectivity index (χ1) is 13.3. The molecule has 2 atom stereocenters. The lowest BCUT2D eigenvalue weighted by Crippen LogP contribution is -2.64. The Balaban J connectivity index is 1.57. The molecule has 144 valence electrons. The highest BCUT2D eigenvalue weighted by Gasteiger charge is 2.56. The van der Waals surface area contributed by atoms with Gasteiger partial charge in [-0.05, 0) is 54.5 Å². The number of piperidine rings is 1. The standard InChI is InChI=1S/C24H27N3O/c1-15-5-7-18-17(11-15)13-21-23(2,3)24(18,4)9-10-27(21)22(28)16-6-8-19-20(12-16)26-14-25-19/h5-8,11-12,14,21H,9-10,13H2,1-4H3,(H,25,26). The van der Waals surface area contributed by atoms with Crippen molar-refractivity contribution < 1.29 is 4.79 Å². The third-order valence-corrected chi connectivity index (χ3v) is 7.68. The molecule has 1 aliphatic heterocycles. The highest BCUT2D eigenvalue weighted by atomic mass is 16.2. The molecule has 1 N–H and O–H groups in total. The zero-order valence-corrected chi connectivity index (χ0v) is 17.0. The monoisotopic (exact) mass is 373 g/mol. The van der Waals surface area contributed by atoms with Crippen LogP contribution < -0.4 is 0 Å². The number of nitrogens with zero attached hydrogens (tertiary/aromatic N) is 2. The molecular weight excluding hydrogens is 346 g/mol. The number of carbonyl (C=O) groups excluding carboxylic acids is 1. The maximum Gasteiger partial charge on any atom is 0.254 e. The first-order valence-corrected chi connectivity index (χ1v) is 10.2. The summed E-state index contributed by atoms with van der Waals surface area (Å²) in [6.45, 7) is 10.0. The van der Waals surface area contributed by atoms with E-state index in [9.17, 15) is 4.79 Å². The van der Waals surface area contributed by atoms with E-state index in [1.54, 1.807) is 6.33 Å². The van der Waals surface area contributed by atoms with E-state index in [4.69, 9.17) is 0 Å². The number of rotatable bonds is 1. The number of nitrogens with one attached hydrogen (secondary N) is 1. The van der Waals surface area contributed by atoms with Gasteiger partial charge in [0.15, 0.2) is 0 Å². The Kier molecular flexibility index (Phi) is 3.55. The lowest BCUT2D eigenvalue weighted by molar-refractivity contribution is -0.0262. The maximum absolute atomic E-state index is 13.5. The van der Waals surface area contributed by atoms with Crippen LogP contribution >= 0.6 is 0 Å². The second-order valence-corrected chi connectivity index (χ2v) is 9.32. The van der Waals surface area contributed by atoms with Gasteiger partial charge < -0.3 is 9.88 Å². The first kappa shape index (κ1) is 17.5. The highest BCUT2D eigenvalue weighted by molar-refractivity contribution is 5.97. The molecule has 1 saturated heterocycles. The summed E-state index contributed by atoms with van der Waals surface area (Å²) >= 11 is 0. The molecule has 2 unspecified atom stereocenters. The van der Waals surface area contributed by atoms with Crippen LogP contribution in [-0.2, 0) is 11.8 Å². The zero-order valence-electron chi connectivity index (χ0n) is 17.0. The normalized spacial score (nSPS) is 25.6. The predicted octanol–water partition coefficient (Wildman–Crippen LogP) is 4.63. The van der Waals surface area contributed by atoms with Crippen molar-refractivity contribution in [1.29, 1.82) is 0 Å². The van der Waals surface area contributed by atoms with Gasteiger partial charge in [0.25, 0.3) is 5.91 Å². The number of amides is 1. The fourth-order valence-electron chi connectivity index (χ4n) is 5.54. The summed E-state index contributed by atoms with van der Waals surface area (Å²) in [5.41, 5.74) is 6.83. The Morgan fingerprint density at radius 2 is 2.00 bits per heavy atom. The SMILES string of the molecule is Cc1ccc2c(c1)CC1N(C(=O)c3ccc4nc[nH]c4c3)CCC2(C)C1(C)C. The van der Waals surface area contributed by atoms with Gasteiger partial charge in [-0.1, -0.05) is 44.5 Å². The molecule has 1 aromatic heterocycles. The smallest absolute Gasteiger partial charge is 0.254 e. The zero-order chi connectivity index (χ0) is 19.7. The number of carbonyl (C=O) groups is 1. The molecule has 28 heavy (non-hydrogen) atoms. The molecule has 1 fully saturated rings. The van der Waals surface area contributed by atoms with Crippen molar-refractivity contribution in [3.63, 3.8) is 0 Å². The molecule has 2 bridgehead atoms. The summed E-state index contributed by atoms with van der Waals surface area (Å²) in [4.78, 5) is 23.0. The van der Waals surface area contributed by atoms with Crippen LogP contribution in [0.3, 0.4) is 0 Å². The number of likely N-dealkylation sites (tertiary alicyclic amines) is 1. The minimum absolute atomic E-state index is 0.0151. The van der Waals surface area contributed by atoms with Gasteiger partial charge in [-0.25, -0.2) is 4.98 Å². The number of aromatic nitrogens is 2. The van der Waals surface area contributed by atoms with Crippen LogP contribution in [0.2, 0.25) is 0 Å². The lowest BCUT2D eigenvalue weighted by Gasteiger charge is -2.60. The maximum atomic E-state index is 13.5. The Labute approximate surface area is 166 Å². The van der Waals surface area contributed by atoms with E-state index in [0.29, 0.717) is 0 Å². The molecule has 2 aliphatic rings. The van der Waals surface area contributed by atoms with Crippen LogP contribution in [0.15, 0.2) is 42.7 Å². The van der Waals surface area contributed by atoms with Crippen molar-refractivity contribution >= 4 is 16.9 Å². The fraction of sp³-hybridized carbons (Fsp3) is 0.417. The number of benzene rings is 2. The third-order valence-electron chi connectivity index (χ3n) is 7.68. The second-order valence-electron chi connectivity index (χ2n) is 9.32. The molecule has 5 rings (SSSR count). The van der Waals surface area contributed by atoms with Crippen LogP contribution in [-0.4, -0.2) is 33.4 Å². The molecule has 4 heteroatoms. The Bertz CT molecular complexity index is 1100. The topological polar surface area (TPSA) is 49.0 Å². The number of H-pyrrole nitrogens is 1. The molecular formula is C24H27N3O. The van der Waals surface area contributed by atoms with Crippen molar-refractivity contribution in [2.45, 2.75) is 52.0 Å².